The van der Waals surface area contributed by atoms with Gasteiger partial charge in [-0.15, -0.1) is 0 Å². The van der Waals surface area contributed by atoms with Crippen molar-refractivity contribution in [2.24, 2.45) is 0 Å². The Kier molecular flexibility index (Phi) is 3.96. The average molecular weight is 340 g/mol. The Labute approximate surface area is 121 Å². The van der Waals surface area contributed by atoms with Crippen LogP contribution in [-0.2, 0) is 15.6 Å². The molecule has 19 heavy (non-hydrogen) atoms. The van der Waals surface area contributed by atoms with Gasteiger partial charge >= 0.3 is 0 Å². The zero-order valence-corrected chi connectivity index (χ0v) is 12.8. The summed E-state index contributed by atoms with van der Waals surface area (Å²) in [6, 6.07) is 12.3. The molecule has 0 aromatic heterocycles. The lowest BCUT2D eigenvalue weighted by Crippen LogP contribution is -2.08. The summed E-state index contributed by atoms with van der Waals surface area (Å²) in [4.78, 5) is 0.197. The van der Waals surface area contributed by atoms with Crippen LogP contribution in [-0.4, -0.2) is 8.42 Å². The molecule has 0 saturated carbocycles. The van der Waals surface area contributed by atoms with Gasteiger partial charge in [0.05, 0.1) is 16.3 Å². The van der Waals surface area contributed by atoms with Crippen molar-refractivity contribution in [3.8, 4) is 0 Å². The van der Waals surface area contributed by atoms with Gasteiger partial charge < -0.3 is 5.73 Å². The molecule has 5 heteroatoms. The molecule has 0 bridgehead atoms. The summed E-state index contributed by atoms with van der Waals surface area (Å²) in [5.41, 5.74) is 7.67. The maximum absolute atomic E-state index is 12.4. The van der Waals surface area contributed by atoms with Crippen LogP contribution in [0, 0.1) is 6.92 Å². The molecule has 0 heterocycles. The molecule has 100 valence electrons. The van der Waals surface area contributed by atoms with E-state index < -0.39 is 9.84 Å². The van der Waals surface area contributed by atoms with Crippen LogP contribution < -0.4 is 5.73 Å². The van der Waals surface area contributed by atoms with Crippen LogP contribution in [0.1, 0.15) is 11.1 Å². The van der Waals surface area contributed by atoms with Crippen molar-refractivity contribution in [2.75, 3.05) is 5.73 Å². The first-order valence-electron chi connectivity index (χ1n) is 5.72. The molecule has 0 spiro atoms. The first-order valence-corrected chi connectivity index (χ1v) is 8.17. The third-order valence-corrected chi connectivity index (χ3v) is 5.30. The van der Waals surface area contributed by atoms with E-state index in [1.165, 1.54) is 0 Å². The summed E-state index contributed by atoms with van der Waals surface area (Å²) >= 11 is 3.36. The molecular formula is C14H14BrNO2S. The lowest BCUT2D eigenvalue weighted by atomic mass is 10.2. The van der Waals surface area contributed by atoms with Gasteiger partial charge in [0.2, 0.25) is 0 Å². The van der Waals surface area contributed by atoms with Crippen molar-refractivity contribution in [1.29, 1.82) is 0 Å². The van der Waals surface area contributed by atoms with Crippen molar-refractivity contribution in [3.05, 3.63) is 58.1 Å². The van der Waals surface area contributed by atoms with Gasteiger partial charge in [0, 0.05) is 4.47 Å². The molecule has 0 aliphatic heterocycles. The highest BCUT2D eigenvalue weighted by atomic mass is 79.9. The molecule has 0 unspecified atom stereocenters. The second-order valence-electron chi connectivity index (χ2n) is 4.39. The molecule has 0 saturated heterocycles. The highest BCUT2D eigenvalue weighted by Crippen LogP contribution is 2.26. The van der Waals surface area contributed by atoms with Crippen LogP contribution in [0.4, 0.5) is 5.69 Å². The van der Waals surface area contributed by atoms with E-state index in [0.717, 1.165) is 15.6 Å². The fourth-order valence-corrected chi connectivity index (χ4v) is 4.03. The topological polar surface area (TPSA) is 60.2 Å². The average Bonchev–Trinajstić information content (AvgIpc) is 2.35. The Morgan fingerprint density at radius 1 is 1.16 bits per heavy atom. The number of sulfone groups is 1. The number of hydrogen-bond donors (Lipinski definition) is 1. The largest absolute Gasteiger partial charge is 0.398 e. The van der Waals surface area contributed by atoms with E-state index in [1.807, 2.05) is 25.1 Å². The number of halogens is 1. The van der Waals surface area contributed by atoms with Crippen LogP contribution >= 0.6 is 15.9 Å². The van der Waals surface area contributed by atoms with Gasteiger partial charge in [0.25, 0.3) is 0 Å². The van der Waals surface area contributed by atoms with Crippen molar-refractivity contribution >= 4 is 31.5 Å². The summed E-state index contributed by atoms with van der Waals surface area (Å²) in [5, 5.41) is 0. The van der Waals surface area contributed by atoms with Gasteiger partial charge in [-0.3, -0.25) is 0 Å². The molecule has 2 aromatic carbocycles. The summed E-state index contributed by atoms with van der Waals surface area (Å²) in [6.07, 6.45) is 0. The number of aryl methyl sites for hydroxylation is 1. The summed E-state index contributed by atoms with van der Waals surface area (Å²) in [7, 11) is -3.44. The van der Waals surface area contributed by atoms with Crippen LogP contribution in [0.25, 0.3) is 0 Å². The van der Waals surface area contributed by atoms with Gasteiger partial charge in [-0.25, -0.2) is 8.42 Å². The minimum absolute atomic E-state index is 0.0674. The van der Waals surface area contributed by atoms with Gasteiger partial charge in [-0.2, -0.15) is 0 Å². The number of nitrogens with two attached hydrogens (primary N) is 1. The predicted molar refractivity (Wildman–Crippen MR) is 80.6 cm³/mol. The van der Waals surface area contributed by atoms with Crippen LogP contribution in [0.15, 0.2) is 51.8 Å². The van der Waals surface area contributed by atoms with Gasteiger partial charge in [-0.05, 0) is 36.2 Å². The lowest BCUT2D eigenvalue weighted by molar-refractivity contribution is 0.595. The second-order valence-corrected chi connectivity index (χ2v) is 7.20. The monoisotopic (exact) mass is 339 g/mol. The third kappa shape index (κ3) is 3.16. The van der Waals surface area contributed by atoms with Crippen molar-refractivity contribution < 1.29 is 8.42 Å². The molecular weight excluding hydrogens is 326 g/mol. The Balaban J connectivity index is 2.44. The predicted octanol–water partition coefficient (Wildman–Crippen LogP) is 3.31. The van der Waals surface area contributed by atoms with E-state index in [2.05, 4.69) is 15.9 Å². The van der Waals surface area contributed by atoms with Crippen LogP contribution in [0.3, 0.4) is 0 Å². The molecule has 0 amide bonds. The van der Waals surface area contributed by atoms with E-state index in [1.54, 1.807) is 24.3 Å². The Morgan fingerprint density at radius 3 is 2.53 bits per heavy atom. The molecule has 2 rings (SSSR count). The number of hydrogen-bond acceptors (Lipinski definition) is 3. The molecule has 0 fully saturated rings. The quantitative estimate of drug-likeness (QED) is 0.872. The highest BCUT2D eigenvalue weighted by molar-refractivity contribution is 9.10. The molecule has 0 aliphatic rings. The molecule has 2 aromatic rings. The third-order valence-electron chi connectivity index (χ3n) is 2.81. The fraction of sp³-hybridized carbons (Fsp3) is 0.143. The standard InChI is InChI=1S/C14H14BrNO2S/c1-10-6-7-13(16)14(8-10)19(17,18)9-11-4-2-3-5-12(11)15/h2-8H,9,16H2,1H3. The molecule has 0 radical (unpaired) electrons. The smallest absolute Gasteiger partial charge is 0.184 e. The lowest BCUT2D eigenvalue weighted by Gasteiger charge is -2.09. The molecule has 0 aliphatic carbocycles. The Bertz CT molecular complexity index is 711. The van der Waals surface area contributed by atoms with E-state index in [-0.39, 0.29) is 16.3 Å². The highest BCUT2D eigenvalue weighted by Gasteiger charge is 2.19. The second kappa shape index (κ2) is 5.35. The van der Waals surface area contributed by atoms with E-state index in [9.17, 15) is 8.42 Å². The zero-order valence-electron chi connectivity index (χ0n) is 10.4. The van der Waals surface area contributed by atoms with Gasteiger partial charge in [0.1, 0.15) is 0 Å². The number of benzene rings is 2. The van der Waals surface area contributed by atoms with Gasteiger partial charge in [0.15, 0.2) is 9.84 Å². The zero-order chi connectivity index (χ0) is 14.0. The summed E-state index contributed by atoms with van der Waals surface area (Å²) in [5.74, 6) is -0.0674. The van der Waals surface area contributed by atoms with Crippen molar-refractivity contribution in [1.82, 2.24) is 0 Å². The number of rotatable bonds is 3. The maximum atomic E-state index is 12.4. The fourth-order valence-electron chi connectivity index (χ4n) is 1.81. The van der Waals surface area contributed by atoms with Crippen LogP contribution in [0.2, 0.25) is 0 Å². The van der Waals surface area contributed by atoms with Crippen molar-refractivity contribution in [3.63, 3.8) is 0 Å². The van der Waals surface area contributed by atoms with Crippen molar-refractivity contribution in [2.45, 2.75) is 17.6 Å². The van der Waals surface area contributed by atoms with Gasteiger partial charge in [-0.1, -0.05) is 40.2 Å². The molecule has 3 nitrogen and oxygen atoms in total. The molecule has 0 atom stereocenters. The van der Waals surface area contributed by atoms with E-state index in [4.69, 9.17) is 5.73 Å². The number of nitrogen functional groups attached to an aromatic ring is 1. The minimum Gasteiger partial charge on any atom is -0.398 e. The SMILES string of the molecule is Cc1ccc(N)c(S(=O)(=O)Cc2ccccc2Br)c1. The first-order chi connectivity index (χ1) is 8.90. The Morgan fingerprint density at radius 2 is 1.84 bits per heavy atom. The van der Waals surface area contributed by atoms with Crippen LogP contribution in [0.5, 0.6) is 0 Å². The van der Waals surface area contributed by atoms with E-state index >= 15 is 0 Å². The minimum atomic E-state index is -3.44. The van der Waals surface area contributed by atoms with E-state index in [0.29, 0.717) is 0 Å². The Hall–Kier alpha value is -1.33. The normalized spacial score (nSPS) is 11.5. The summed E-state index contributed by atoms with van der Waals surface area (Å²) < 4.78 is 25.6. The number of anilines is 1. The molecule has 2 N–H and O–H groups in total. The summed E-state index contributed by atoms with van der Waals surface area (Å²) in [6.45, 7) is 1.84. The maximum Gasteiger partial charge on any atom is 0.184 e. The first kappa shape index (κ1) is 14.1.